The number of rotatable bonds is 5. The molecule has 0 spiro atoms. The van der Waals surface area contributed by atoms with Crippen molar-refractivity contribution < 1.29 is 17.9 Å². The van der Waals surface area contributed by atoms with Gasteiger partial charge < -0.3 is 15.4 Å². The molecule has 2 fully saturated rings. The standard InChI is InChI=1S/C20H25F3N4O3/c1-3-9-6-7-26(8-11(9)24)16-14(21)12(18(22)23)13-15(17(16)30-2)27(10-4-5-10)20(29)25-19(13)28/h9-11,18H,3-8,24H2,1-2H3,(H,25,28,29). The van der Waals surface area contributed by atoms with Crippen molar-refractivity contribution in [3.63, 3.8) is 0 Å². The van der Waals surface area contributed by atoms with E-state index in [9.17, 15) is 18.4 Å². The summed E-state index contributed by atoms with van der Waals surface area (Å²) in [5.74, 6) is -1.04. The predicted molar refractivity (Wildman–Crippen MR) is 107 cm³/mol. The second-order valence-corrected chi connectivity index (χ2v) is 8.06. The van der Waals surface area contributed by atoms with Gasteiger partial charge in [0.05, 0.1) is 18.1 Å². The first-order chi connectivity index (χ1) is 14.3. The van der Waals surface area contributed by atoms with E-state index in [0.29, 0.717) is 25.8 Å². The van der Waals surface area contributed by atoms with Crippen LogP contribution in [0.25, 0.3) is 10.9 Å². The summed E-state index contributed by atoms with van der Waals surface area (Å²) in [6.07, 6.45) is -0.384. The summed E-state index contributed by atoms with van der Waals surface area (Å²) in [7, 11) is 1.28. The average Bonchev–Trinajstić information content (AvgIpc) is 3.52. The Bertz CT molecular complexity index is 1090. The van der Waals surface area contributed by atoms with Gasteiger partial charge in [0.25, 0.3) is 12.0 Å². The molecule has 4 rings (SSSR count). The minimum Gasteiger partial charge on any atom is -0.492 e. The lowest BCUT2D eigenvalue weighted by Crippen LogP contribution is -2.49. The third kappa shape index (κ3) is 3.17. The van der Waals surface area contributed by atoms with Gasteiger partial charge in [0, 0.05) is 25.2 Å². The zero-order valence-electron chi connectivity index (χ0n) is 16.9. The normalized spacial score (nSPS) is 22.2. The lowest BCUT2D eigenvalue weighted by molar-refractivity contribution is 0.148. The zero-order chi connectivity index (χ0) is 21.7. The van der Waals surface area contributed by atoms with Crippen molar-refractivity contribution in [2.24, 2.45) is 11.7 Å². The van der Waals surface area contributed by atoms with Gasteiger partial charge in [-0.2, -0.15) is 0 Å². The maximum Gasteiger partial charge on any atom is 0.329 e. The molecule has 2 heterocycles. The summed E-state index contributed by atoms with van der Waals surface area (Å²) in [6, 6.07) is -0.508. The molecule has 164 valence electrons. The number of piperidine rings is 1. The molecular weight excluding hydrogens is 401 g/mol. The maximum atomic E-state index is 15.5. The predicted octanol–water partition coefficient (Wildman–Crippen LogP) is 2.67. The number of aromatic nitrogens is 2. The number of H-pyrrole nitrogens is 1. The van der Waals surface area contributed by atoms with E-state index in [2.05, 4.69) is 4.98 Å². The molecule has 2 aromatic rings. The summed E-state index contributed by atoms with van der Waals surface area (Å²) in [5.41, 5.74) is 3.23. The summed E-state index contributed by atoms with van der Waals surface area (Å²) >= 11 is 0. The van der Waals surface area contributed by atoms with E-state index in [4.69, 9.17) is 10.5 Å². The van der Waals surface area contributed by atoms with Crippen molar-refractivity contribution in [1.82, 2.24) is 9.55 Å². The van der Waals surface area contributed by atoms with E-state index in [-0.39, 0.29) is 41.5 Å². The van der Waals surface area contributed by atoms with Gasteiger partial charge in [-0.25, -0.2) is 18.0 Å². The second kappa shape index (κ2) is 7.64. The molecule has 1 aromatic heterocycles. The summed E-state index contributed by atoms with van der Waals surface area (Å²) in [6.45, 7) is 2.69. The number of nitrogens with two attached hydrogens (primary N) is 1. The highest BCUT2D eigenvalue weighted by atomic mass is 19.3. The van der Waals surface area contributed by atoms with Gasteiger partial charge in [-0.3, -0.25) is 14.3 Å². The van der Waals surface area contributed by atoms with E-state index >= 15 is 4.39 Å². The number of aromatic amines is 1. The molecule has 1 aliphatic carbocycles. The molecule has 0 bridgehead atoms. The number of fused-ring (bicyclic) bond motifs is 1. The largest absolute Gasteiger partial charge is 0.492 e. The first-order valence-electron chi connectivity index (χ1n) is 10.2. The Kier molecular flexibility index (Phi) is 5.29. The van der Waals surface area contributed by atoms with Crippen LogP contribution in [0.3, 0.4) is 0 Å². The molecule has 2 atom stereocenters. The maximum absolute atomic E-state index is 15.5. The molecule has 1 saturated heterocycles. The number of nitrogens with zero attached hydrogens (tertiary/aromatic N) is 2. The Labute approximate surface area is 170 Å². The Morgan fingerprint density at radius 1 is 1.27 bits per heavy atom. The van der Waals surface area contributed by atoms with Crippen LogP contribution in [0.1, 0.15) is 50.6 Å². The number of alkyl halides is 2. The number of hydrogen-bond acceptors (Lipinski definition) is 5. The highest BCUT2D eigenvalue weighted by molar-refractivity contribution is 5.94. The molecule has 7 nitrogen and oxygen atoms in total. The fraction of sp³-hybridized carbons (Fsp3) is 0.600. The van der Waals surface area contributed by atoms with Crippen molar-refractivity contribution in [1.29, 1.82) is 0 Å². The monoisotopic (exact) mass is 426 g/mol. The van der Waals surface area contributed by atoms with Crippen LogP contribution in [0.4, 0.5) is 18.9 Å². The number of benzene rings is 1. The molecule has 0 amide bonds. The Hall–Kier alpha value is -2.49. The topological polar surface area (TPSA) is 93.3 Å². The lowest BCUT2D eigenvalue weighted by Gasteiger charge is -2.38. The second-order valence-electron chi connectivity index (χ2n) is 8.06. The molecule has 0 radical (unpaired) electrons. The first-order valence-corrected chi connectivity index (χ1v) is 10.2. The van der Waals surface area contributed by atoms with Crippen molar-refractivity contribution in [3.8, 4) is 5.75 Å². The molecule has 10 heteroatoms. The van der Waals surface area contributed by atoms with Gasteiger partial charge in [-0.1, -0.05) is 13.3 Å². The van der Waals surface area contributed by atoms with Crippen LogP contribution >= 0.6 is 0 Å². The van der Waals surface area contributed by atoms with Crippen LogP contribution in [0.2, 0.25) is 0 Å². The minimum absolute atomic E-state index is 0.0772. The molecule has 3 N–H and O–H groups in total. The van der Waals surface area contributed by atoms with Gasteiger partial charge in [0.1, 0.15) is 11.2 Å². The van der Waals surface area contributed by atoms with Crippen LogP contribution in [-0.4, -0.2) is 35.8 Å². The number of methoxy groups -OCH3 is 1. The summed E-state index contributed by atoms with van der Waals surface area (Å²) in [5, 5.41) is -0.539. The highest BCUT2D eigenvalue weighted by Gasteiger charge is 2.37. The Morgan fingerprint density at radius 2 is 1.97 bits per heavy atom. The van der Waals surface area contributed by atoms with Crippen LogP contribution in [0.5, 0.6) is 5.75 Å². The smallest absolute Gasteiger partial charge is 0.329 e. The Morgan fingerprint density at radius 3 is 2.50 bits per heavy atom. The number of nitrogens with one attached hydrogen (secondary N) is 1. The molecular formula is C20H25F3N4O3. The molecule has 30 heavy (non-hydrogen) atoms. The molecule has 1 aliphatic heterocycles. The van der Waals surface area contributed by atoms with Gasteiger partial charge in [0.2, 0.25) is 0 Å². The van der Waals surface area contributed by atoms with Crippen LogP contribution in [0.15, 0.2) is 9.59 Å². The van der Waals surface area contributed by atoms with E-state index in [1.165, 1.54) is 11.7 Å². The van der Waals surface area contributed by atoms with E-state index < -0.39 is 34.4 Å². The van der Waals surface area contributed by atoms with Crippen LogP contribution < -0.4 is 26.6 Å². The quantitative estimate of drug-likeness (QED) is 0.767. The van der Waals surface area contributed by atoms with Crippen molar-refractivity contribution >= 4 is 16.6 Å². The highest BCUT2D eigenvalue weighted by Crippen LogP contribution is 2.46. The Balaban J connectivity index is 2.06. The van der Waals surface area contributed by atoms with Crippen LogP contribution in [-0.2, 0) is 0 Å². The van der Waals surface area contributed by atoms with Gasteiger partial charge in [0.15, 0.2) is 11.6 Å². The number of anilines is 1. The minimum atomic E-state index is -3.25. The summed E-state index contributed by atoms with van der Waals surface area (Å²) < 4.78 is 50.3. The van der Waals surface area contributed by atoms with Gasteiger partial charge in [-0.05, 0) is 25.2 Å². The van der Waals surface area contributed by atoms with Gasteiger partial charge in [-0.15, -0.1) is 0 Å². The average molecular weight is 426 g/mol. The third-order valence-electron chi connectivity index (χ3n) is 6.27. The molecule has 1 aromatic carbocycles. The van der Waals surface area contributed by atoms with Crippen LogP contribution in [0, 0.1) is 11.7 Å². The molecule has 2 unspecified atom stereocenters. The van der Waals surface area contributed by atoms with E-state index in [0.717, 1.165) is 6.42 Å². The SMILES string of the molecule is CCC1CCN(c2c(F)c(C(F)F)c3c(=O)[nH]c(=O)n(C4CC4)c3c2OC)CC1N. The number of hydrogen-bond donors (Lipinski definition) is 2. The zero-order valence-corrected chi connectivity index (χ0v) is 16.9. The molecule has 2 aliphatic rings. The lowest BCUT2D eigenvalue weighted by atomic mass is 9.89. The third-order valence-corrected chi connectivity index (χ3v) is 6.27. The van der Waals surface area contributed by atoms with E-state index in [1.54, 1.807) is 4.90 Å². The van der Waals surface area contributed by atoms with Crippen molar-refractivity contribution in [3.05, 3.63) is 32.2 Å². The number of halogens is 3. The fourth-order valence-corrected chi connectivity index (χ4v) is 4.57. The van der Waals surface area contributed by atoms with Crippen molar-refractivity contribution in [2.75, 3.05) is 25.1 Å². The summed E-state index contributed by atoms with van der Waals surface area (Å²) in [4.78, 5) is 28.7. The molecule has 1 saturated carbocycles. The fourth-order valence-electron chi connectivity index (χ4n) is 4.57. The number of ether oxygens (including phenoxy) is 1. The van der Waals surface area contributed by atoms with Crippen molar-refractivity contribution in [2.45, 2.75) is 51.1 Å². The first kappa shape index (κ1) is 20.8. The van der Waals surface area contributed by atoms with E-state index in [1.807, 2.05) is 6.92 Å². The van der Waals surface area contributed by atoms with Gasteiger partial charge >= 0.3 is 5.69 Å².